The van der Waals surface area contributed by atoms with Gasteiger partial charge in [0.25, 0.3) is 0 Å². The predicted molar refractivity (Wildman–Crippen MR) is 98.5 cm³/mol. The fraction of sp³-hybridized carbons (Fsp3) is 0.944. The van der Waals surface area contributed by atoms with Gasteiger partial charge in [-0.2, -0.15) is 12.6 Å². The van der Waals surface area contributed by atoms with Crippen molar-refractivity contribution in [2.75, 3.05) is 5.75 Å². The molecular weight excluding hydrogens is 294 g/mol. The first kappa shape index (κ1) is 21.8. The van der Waals surface area contributed by atoms with Gasteiger partial charge in [-0.05, 0) is 24.2 Å². The third-order valence-corrected chi connectivity index (χ3v) is 5.47. The predicted octanol–water partition coefficient (Wildman–Crippen LogP) is 4.75. The second-order valence-corrected chi connectivity index (χ2v) is 7.73. The van der Waals surface area contributed by atoms with Gasteiger partial charge in [0.1, 0.15) is 5.54 Å². The lowest BCUT2D eigenvalue weighted by Gasteiger charge is -2.26. The number of carboxylic acid groups (broad SMARTS) is 1. The van der Waals surface area contributed by atoms with E-state index < -0.39 is 11.5 Å². The van der Waals surface area contributed by atoms with E-state index in [1.54, 1.807) is 0 Å². The van der Waals surface area contributed by atoms with E-state index >= 15 is 0 Å². The highest BCUT2D eigenvalue weighted by molar-refractivity contribution is 7.80. The van der Waals surface area contributed by atoms with E-state index in [0.29, 0.717) is 12.3 Å². The minimum Gasteiger partial charge on any atom is -0.480 e. The van der Waals surface area contributed by atoms with Crippen LogP contribution in [0.5, 0.6) is 0 Å². The van der Waals surface area contributed by atoms with E-state index in [9.17, 15) is 9.90 Å². The fourth-order valence-electron chi connectivity index (χ4n) is 2.92. The maximum Gasteiger partial charge on any atom is 0.324 e. The van der Waals surface area contributed by atoms with Crippen LogP contribution in [-0.2, 0) is 4.79 Å². The molecule has 0 spiro atoms. The smallest absolute Gasteiger partial charge is 0.324 e. The average Bonchev–Trinajstić information content (AvgIpc) is 2.46. The summed E-state index contributed by atoms with van der Waals surface area (Å²) in [4.78, 5) is 11.2. The molecule has 0 saturated heterocycles. The summed E-state index contributed by atoms with van der Waals surface area (Å²) in [5, 5.41) is 9.18. The van der Waals surface area contributed by atoms with Crippen LogP contribution in [0.3, 0.4) is 0 Å². The van der Waals surface area contributed by atoms with E-state index in [0.717, 1.165) is 24.7 Å². The number of carbonyl (C=O) groups is 1. The van der Waals surface area contributed by atoms with E-state index in [2.05, 4.69) is 40.3 Å². The first-order valence-corrected chi connectivity index (χ1v) is 9.51. The summed E-state index contributed by atoms with van der Waals surface area (Å²) in [5.41, 5.74) is 4.73. The lowest BCUT2D eigenvalue weighted by molar-refractivity contribution is -0.143. The Labute approximate surface area is 142 Å². The zero-order chi connectivity index (χ0) is 17.2. The lowest BCUT2D eigenvalue weighted by Crippen LogP contribution is -2.51. The number of carboxylic acids is 1. The van der Waals surface area contributed by atoms with Crippen molar-refractivity contribution in [2.24, 2.45) is 23.5 Å². The maximum absolute atomic E-state index is 11.2. The fourth-order valence-corrected chi connectivity index (χ4v) is 3.19. The SMILES string of the molecule is CCC(C)CCCC(C)CCCC(C)C[C@](N)(CS)C(=O)O. The topological polar surface area (TPSA) is 63.3 Å². The normalized spacial score (nSPS) is 18.5. The van der Waals surface area contributed by atoms with Gasteiger partial charge < -0.3 is 10.8 Å². The Bertz CT molecular complexity index is 311. The van der Waals surface area contributed by atoms with Gasteiger partial charge >= 0.3 is 5.97 Å². The highest BCUT2D eigenvalue weighted by Crippen LogP contribution is 2.24. The number of aliphatic carboxylic acids is 1. The summed E-state index contributed by atoms with van der Waals surface area (Å²) < 4.78 is 0. The summed E-state index contributed by atoms with van der Waals surface area (Å²) in [5.74, 6) is 1.21. The molecule has 0 amide bonds. The van der Waals surface area contributed by atoms with Gasteiger partial charge in [-0.25, -0.2) is 0 Å². The summed E-state index contributed by atoms with van der Waals surface area (Å²) in [7, 11) is 0. The van der Waals surface area contributed by atoms with Crippen molar-refractivity contribution in [3.8, 4) is 0 Å². The molecule has 0 aliphatic rings. The van der Waals surface area contributed by atoms with Crippen molar-refractivity contribution >= 4 is 18.6 Å². The van der Waals surface area contributed by atoms with Gasteiger partial charge in [0.05, 0.1) is 0 Å². The third kappa shape index (κ3) is 9.04. The zero-order valence-electron chi connectivity index (χ0n) is 15.0. The molecule has 0 saturated carbocycles. The Morgan fingerprint density at radius 3 is 1.91 bits per heavy atom. The van der Waals surface area contributed by atoms with Crippen LogP contribution in [0, 0.1) is 17.8 Å². The van der Waals surface area contributed by atoms with Crippen LogP contribution in [-0.4, -0.2) is 22.4 Å². The quantitative estimate of drug-likeness (QED) is 0.427. The van der Waals surface area contributed by atoms with Crippen LogP contribution in [0.25, 0.3) is 0 Å². The van der Waals surface area contributed by atoms with Crippen molar-refractivity contribution < 1.29 is 9.90 Å². The molecular formula is C18H37NO2S. The van der Waals surface area contributed by atoms with Crippen LogP contribution >= 0.6 is 12.6 Å². The van der Waals surface area contributed by atoms with Crippen molar-refractivity contribution in [1.82, 2.24) is 0 Å². The number of rotatable bonds is 13. The van der Waals surface area contributed by atoms with E-state index in [1.165, 1.54) is 32.1 Å². The first-order chi connectivity index (χ1) is 10.2. The van der Waals surface area contributed by atoms with E-state index in [4.69, 9.17) is 5.73 Å². The molecule has 3 N–H and O–H groups in total. The summed E-state index contributed by atoms with van der Waals surface area (Å²) >= 11 is 4.10. The molecule has 0 aromatic rings. The van der Waals surface area contributed by atoms with Crippen molar-refractivity contribution in [3.05, 3.63) is 0 Å². The molecule has 0 aromatic carbocycles. The average molecular weight is 332 g/mol. The molecule has 0 fully saturated rings. The van der Waals surface area contributed by atoms with Crippen molar-refractivity contribution in [2.45, 2.75) is 84.6 Å². The number of nitrogens with two attached hydrogens (primary N) is 1. The Hall–Kier alpha value is -0.220. The zero-order valence-corrected chi connectivity index (χ0v) is 15.9. The Balaban J connectivity index is 3.87. The minimum atomic E-state index is -1.18. The standard InChI is InChI=1S/C18H37NO2S/c1-5-14(2)8-6-9-15(3)10-7-11-16(4)12-18(19,13-22)17(20)21/h14-16,22H,5-13,19H2,1-4H3,(H,20,21)/t14?,15?,16?,18-/m0/s1. The highest BCUT2D eigenvalue weighted by Gasteiger charge is 2.33. The van der Waals surface area contributed by atoms with Crippen molar-refractivity contribution in [3.63, 3.8) is 0 Å². The monoisotopic (exact) mass is 331 g/mol. The van der Waals surface area contributed by atoms with Gasteiger partial charge in [0.2, 0.25) is 0 Å². The molecule has 0 radical (unpaired) electrons. The van der Waals surface area contributed by atoms with Gasteiger partial charge in [-0.15, -0.1) is 0 Å². The van der Waals surface area contributed by atoms with Crippen LogP contribution in [0.1, 0.15) is 79.1 Å². The summed E-state index contributed by atoms with van der Waals surface area (Å²) in [6.45, 7) is 9.02. The molecule has 0 rings (SSSR count). The molecule has 4 atom stereocenters. The molecule has 3 nitrogen and oxygen atoms in total. The molecule has 0 aliphatic heterocycles. The molecule has 4 heteroatoms. The molecule has 3 unspecified atom stereocenters. The van der Waals surface area contributed by atoms with Gasteiger partial charge in [-0.3, -0.25) is 4.79 Å². The summed E-state index contributed by atoms with van der Waals surface area (Å²) in [6, 6.07) is 0. The van der Waals surface area contributed by atoms with Gasteiger partial charge in [0.15, 0.2) is 0 Å². The van der Waals surface area contributed by atoms with E-state index in [-0.39, 0.29) is 5.75 Å². The number of hydrogen-bond acceptors (Lipinski definition) is 3. The number of thiol groups is 1. The maximum atomic E-state index is 11.2. The Morgan fingerprint density at radius 2 is 1.50 bits per heavy atom. The van der Waals surface area contributed by atoms with Crippen LogP contribution in [0.15, 0.2) is 0 Å². The largest absolute Gasteiger partial charge is 0.480 e. The first-order valence-electron chi connectivity index (χ1n) is 8.88. The molecule has 0 bridgehead atoms. The molecule has 0 heterocycles. The highest BCUT2D eigenvalue weighted by atomic mass is 32.1. The molecule has 0 aromatic heterocycles. The van der Waals surface area contributed by atoms with Gasteiger partial charge in [-0.1, -0.05) is 72.6 Å². The van der Waals surface area contributed by atoms with Gasteiger partial charge in [0, 0.05) is 5.75 Å². The Morgan fingerprint density at radius 1 is 1.05 bits per heavy atom. The number of hydrogen-bond donors (Lipinski definition) is 3. The molecule has 22 heavy (non-hydrogen) atoms. The molecule has 0 aliphatic carbocycles. The van der Waals surface area contributed by atoms with Crippen LogP contribution < -0.4 is 5.73 Å². The molecule has 132 valence electrons. The van der Waals surface area contributed by atoms with Crippen LogP contribution in [0.2, 0.25) is 0 Å². The summed E-state index contributed by atoms with van der Waals surface area (Å²) in [6.07, 6.45) is 9.21. The second-order valence-electron chi connectivity index (χ2n) is 7.41. The third-order valence-electron chi connectivity index (χ3n) is 4.91. The van der Waals surface area contributed by atoms with E-state index in [1.807, 2.05) is 0 Å². The van der Waals surface area contributed by atoms with Crippen molar-refractivity contribution in [1.29, 1.82) is 0 Å². The Kier molecular flexibility index (Phi) is 11.2. The second kappa shape index (κ2) is 11.3. The van der Waals surface area contributed by atoms with Crippen LogP contribution in [0.4, 0.5) is 0 Å². The lowest BCUT2D eigenvalue weighted by atomic mass is 9.86. The minimum absolute atomic E-state index is 0.193.